The van der Waals surface area contributed by atoms with Crippen molar-refractivity contribution < 1.29 is 9.53 Å². The van der Waals surface area contributed by atoms with Crippen molar-refractivity contribution in [1.82, 2.24) is 10.6 Å². The summed E-state index contributed by atoms with van der Waals surface area (Å²) in [5.41, 5.74) is -0.508. The van der Waals surface area contributed by atoms with Crippen LogP contribution < -0.4 is 10.6 Å². The van der Waals surface area contributed by atoms with Crippen LogP contribution in [0.5, 0.6) is 0 Å². The maximum atomic E-state index is 11.6. The van der Waals surface area contributed by atoms with Crippen molar-refractivity contribution in [2.45, 2.75) is 26.3 Å². The highest BCUT2D eigenvalue weighted by Crippen LogP contribution is 2.10. The van der Waals surface area contributed by atoms with Crippen LogP contribution in [0.2, 0.25) is 0 Å². The second-order valence-electron chi connectivity index (χ2n) is 4.70. The molecule has 1 rings (SSSR count). The van der Waals surface area contributed by atoms with E-state index < -0.39 is 5.41 Å². The zero-order valence-corrected chi connectivity index (χ0v) is 9.88. The van der Waals surface area contributed by atoms with Crippen LogP contribution in [0.4, 0.5) is 0 Å². The molecule has 1 atom stereocenters. The summed E-state index contributed by atoms with van der Waals surface area (Å²) in [4.78, 5) is 11.6. The van der Waals surface area contributed by atoms with E-state index in [1.165, 1.54) is 0 Å². The maximum Gasteiger partial charge on any atom is 0.221 e. The van der Waals surface area contributed by atoms with Crippen LogP contribution in [0.15, 0.2) is 0 Å². The number of nitrogens with one attached hydrogen (secondary N) is 2. The van der Waals surface area contributed by atoms with Gasteiger partial charge in [-0.3, -0.25) is 4.79 Å². The van der Waals surface area contributed by atoms with Crippen molar-refractivity contribution >= 4 is 5.91 Å². The lowest BCUT2D eigenvalue weighted by Gasteiger charge is -2.24. The molecule has 1 amide bonds. The molecule has 1 heterocycles. The summed E-state index contributed by atoms with van der Waals surface area (Å²) in [5.74, 6) is -0.0358. The highest BCUT2D eigenvalue weighted by Gasteiger charge is 2.20. The lowest BCUT2D eigenvalue weighted by Crippen LogP contribution is -2.45. The van der Waals surface area contributed by atoms with Crippen LogP contribution in [0.1, 0.15) is 20.3 Å². The Balaban J connectivity index is 2.23. The molecule has 0 spiro atoms. The van der Waals surface area contributed by atoms with Crippen molar-refractivity contribution in [1.29, 1.82) is 5.26 Å². The molecule has 16 heavy (non-hydrogen) atoms. The summed E-state index contributed by atoms with van der Waals surface area (Å²) in [6.07, 6.45) is 0.404. The van der Waals surface area contributed by atoms with Crippen molar-refractivity contribution in [2.75, 3.05) is 26.3 Å². The summed E-state index contributed by atoms with van der Waals surface area (Å²) < 4.78 is 5.25. The average molecular weight is 225 g/mol. The topological polar surface area (TPSA) is 74.2 Å². The van der Waals surface area contributed by atoms with E-state index in [9.17, 15) is 4.79 Å². The number of amides is 1. The van der Waals surface area contributed by atoms with E-state index in [4.69, 9.17) is 10.00 Å². The van der Waals surface area contributed by atoms with E-state index in [1.54, 1.807) is 13.8 Å². The normalized spacial score (nSPS) is 21.2. The van der Waals surface area contributed by atoms with E-state index in [2.05, 4.69) is 16.7 Å². The van der Waals surface area contributed by atoms with Gasteiger partial charge >= 0.3 is 0 Å². The van der Waals surface area contributed by atoms with Crippen LogP contribution in [-0.2, 0) is 9.53 Å². The molecule has 0 aromatic heterocycles. The Bertz CT molecular complexity index is 277. The van der Waals surface area contributed by atoms with Crippen LogP contribution in [0.25, 0.3) is 0 Å². The number of hydrogen-bond donors (Lipinski definition) is 2. The van der Waals surface area contributed by atoms with Crippen molar-refractivity contribution in [2.24, 2.45) is 5.41 Å². The van der Waals surface area contributed by atoms with E-state index in [1.807, 2.05) is 0 Å². The second kappa shape index (κ2) is 5.83. The third-order valence-electron chi connectivity index (χ3n) is 2.46. The summed E-state index contributed by atoms with van der Waals surface area (Å²) in [7, 11) is 0. The fourth-order valence-corrected chi connectivity index (χ4v) is 1.41. The van der Waals surface area contributed by atoms with E-state index in [-0.39, 0.29) is 11.9 Å². The molecule has 2 N–H and O–H groups in total. The number of rotatable bonds is 4. The first kappa shape index (κ1) is 12.9. The first-order chi connectivity index (χ1) is 7.53. The SMILES string of the molecule is CC(C)(C#N)CNC(=O)CC1COCCN1. The summed E-state index contributed by atoms with van der Waals surface area (Å²) >= 11 is 0. The minimum Gasteiger partial charge on any atom is -0.378 e. The Hall–Kier alpha value is -1.12. The lowest BCUT2D eigenvalue weighted by molar-refractivity contribution is -0.122. The third kappa shape index (κ3) is 4.60. The number of nitrogens with zero attached hydrogens (tertiary/aromatic N) is 1. The van der Waals surface area contributed by atoms with Gasteiger partial charge in [-0.25, -0.2) is 0 Å². The molecule has 90 valence electrons. The highest BCUT2D eigenvalue weighted by atomic mass is 16.5. The molecule has 0 saturated carbocycles. The Kier molecular flexibility index (Phi) is 4.71. The fourth-order valence-electron chi connectivity index (χ4n) is 1.41. The maximum absolute atomic E-state index is 11.6. The number of carbonyl (C=O) groups is 1. The molecule has 1 unspecified atom stereocenters. The third-order valence-corrected chi connectivity index (χ3v) is 2.46. The Labute approximate surface area is 96.2 Å². The Morgan fingerprint density at radius 1 is 1.69 bits per heavy atom. The van der Waals surface area contributed by atoms with Gasteiger partial charge in [-0.05, 0) is 13.8 Å². The van der Waals surface area contributed by atoms with Crippen LogP contribution in [0, 0.1) is 16.7 Å². The molecule has 1 aliphatic heterocycles. The molecule has 1 aliphatic rings. The Morgan fingerprint density at radius 3 is 3.00 bits per heavy atom. The first-order valence-electron chi connectivity index (χ1n) is 5.52. The highest BCUT2D eigenvalue weighted by molar-refractivity contribution is 5.76. The number of carbonyl (C=O) groups excluding carboxylic acids is 1. The van der Waals surface area contributed by atoms with Gasteiger partial charge < -0.3 is 15.4 Å². The van der Waals surface area contributed by atoms with Gasteiger partial charge in [-0.15, -0.1) is 0 Å². The number of hydrogen-bond acceptors (Lipinski definition) is 4. The molecule has 5 nitrogen and oxygen atoms in total. The van der Waals surface area contributed by atoms with Crippen molar-refractivity contribution in [3.8, 4) is 6.07 Å². The second-order valence-corrected chi connectivity index (χ2v) is 4.70. The molecule has 0 bridgehead atoms. The lowest BCUT2D eigenvalue weighted by atomic mass is 9.96. The van der Waals surface area contributed by atoms with Gasteiger partial charge in [0.25, 0.3) is 0 Å². The number of nitriles is 1. The zero-order chi connectivity index (χ0) is 12.0. The van der Waals surface area contributed by atoms with Gasteiger partial charge in [0.15, 0.2) is 0 Å². The van der Waals surface area contributed by atoms with Crippen LogP contribution in [-0.4, -0.2) is 38.3 Å². The van der Waals surface area contributed by atoms with Gasteiger partial charge in [-0.2, -0.15) is 5.26 Å². The predicted octanol–water partition coefficient (Wildman–Crippen LogP) is 0.0309. The molecule has 5 heteroatoms. The van der Waals surface area contributed by atoms with Gasteiger partial charge in [0, 0.05) is 25.6 Å². The standard InChI is InChI=1S/C11H19N3O2/c1-11(2,7-12)8-14-10(15)5-9-6-16-4-3-13-9/h9,13H,3-6,8H2,1-2H3,(H,14,15). The van der Waals surface area contributed by atoms with Crippen molar-refractivity contribution in [3.05, 3.63) is 0 Å². The predicted molar refractivity (Wildman–Crippen MR) is 59.6 cm³/mol. The summed E-state index contributed by atoms with van der Waals surface area (Å²) in [6, 6.07) is 2.24. The minimum absolute atomic E-state index is 0.0358. The summed E-state index contributed by atoms with van der Waals surface area (Å²) in [6.45, 7) is 6.07. The van der Waals surface area contributed by atoms with Crippen LogP contribution in [0.3, 0.4) is 0 Å². The molecular formula is C11H19N3O2. The molecule has 1 fully saturated rings. The molecule has 0 aliphatic carbocycles. The van der Waals surface area contributed by atoms with E-state index in [0.717, 1.165) is 6.54 Å². The molecule has 0 aromatic carbocycles. The quantitative estimate of drug-likeness (QED) is 0.708. The zero-order valence-electron chi connectivity index (χ0n) is 9.88. The van der Waals surface area contributed by atoms with E-state index in [0.29, 0.717) is 26.2 Å². The monoisotopic (exact) mass is 225 g/mol. The molecular weight excluding hydrogens is 206 g/mol. The van der Waals surface area contributed by atoms with Gasteiger partial charge in [-0.1, -0.05) is 0 Å². The molecule has 1 saturated heterocycles. The van der Waals surface area contributed by atoms with Gasteiger partial charge in [0.05, 0.1) is 24.7 Å². The number of ether oxygens (including phenoxy) is 1. The van der Waals surface area contributed by atoms with E-state index >= 15 is 0 Å². The van der Waals surface area contributed by atoms with Gasteiger partial charge in [0.1, 0.15) is 0 Å². The fraction of sp³-hybridized carbons (Fsp3) is 0.818. The first-order valence-corrected chi connectivity index (χ1v) is 5.52. The van der Waals surface area contributed by atoms with Gasteiger partial charge in [0.2, 0.25) is 5.91 Å². The molecule has 0 radical (unpaired) electrons. The smallest absolute Gasteiger partial charge is 0.221 e. The number of morpholine rings is 1. The largest absolute Gasteiger partial charge is 0.378 e. The average Bonchev–Trinajstić information content (AvgIpc) is 2.28. The van der Waals surface area contributed by atoms with Crippen molar-refractivity contribution in [3.63, 3.8) is 0 Å². The summed E-state index contributed by atoms with van der Waals surface area (Å²) in [5, 5.41) is 14.8. The minimum atomic E-state index is -0.508. The van der Waals surface area contributed by atoms with Crippen LogP contribution >= 0.6 is 0 Å². The molecule has 0 aromatic rings. The Morgan fingerprint density at radius 2 is 2.44 bits per heavy atom.